The lowest BCUT2D eigenvalue weighted by Gasteiger charge is -1.97. The summed E-state index contributed by atoms with van der Waals surface area (Å²) in [6, 6.07) is 16.8. The molecule has 0 saturated heterocycles. The van der Waals surface area contributed by atoms with E-state index in [1.54, 1.807) is 0 Å². The highest BCUT2D eigenvalue weighted by Crippen LogP contribution is 2.17. The molecule has 0 amide bonds. The lowest BCUT2D eigenvalue weighted by atomic mass is 10.1. The molecule has 3 aromatic rings. The van der Waals surface area contributed by atoms with Crippen molar-refractivity contribution in [2.45, 2.75) is 32.1 Å². The number of benzene rings is 1. The van der Waals surface area contributed by atoms with Crippen LogP contribution in [0.1, 0.15) is 36.2 Å². The molecule has 2 heterocycles. The molecule has 3 rings (SSSR count). The van der Waals surface area contributed by atoms with Gasteiger partial charge in [0, 0.05) is 23.9 Å². The summed E-state index contributed by atoms with van der Waals surface area (Å²) in [5.41, 5.74) is 4.26. The lowest BCUT2D eigenvalue weighted by molar-refractivity contribution is 0.730. The van der Waals surface area contributed by atoms with Crippen molar-refractivity contribution >= 4 is 11.0 Å². The maximum absolute atomic E-state index is 8.55. The zero-order chi connectivity index (χ0) is 15.2. The van der Waals surface area contributed by atoms with Crippen molar-refractivity contribution in [3.8, 4) is 6.07 Å². The first-order chi connectivity index (χ1) is 10.8. The second-order valence-corrected chi connectivity index (χ2v) is 5.46. The minimum atomic E-state index is 0.612. The Balaban J connectivity index is 1.71. The van der Waals surface area contributed by atoms with Crippen LogP contribution in [0.25, 0.3) is 11.0 Å². The number of hydrogen-bond acceptors (Lipinski definition) is 3. The van der Waals surface area contributed by atoms with Crippen molar-refractivity contribution in [3.05, 3.63) is 59.4 Å². The van der Waals surface area contributed by atoms with Crippen LogP contribution in [0.4, 0.5) is 0 Å². The van der Waals surface area contributed by atoms with Crippen molar-refractivity contribution in [2.75, 3.05) is 0 Å². The van der Waals surface area contributed by atoms with Gasteiger partial charge in [-0.05, 0) is 37.0 Å². The normalized spacial score (nSPS) is 10.7. The first kappa shape index (κ1) is 14.3. The number of unbranched alkanes of at least 4 members (excludes halogenated alkanes) is 2. The molecule has 0 aliphatic carbocycles. The zero-order valence-electron chi connectivity index (χ0n) is 12.4. The van der Waals surface area contributed by atoms with Crippen molar-refractivity contribution in [2.24, 2.45) is 0 Å². The van der Waals surface area contributed by atoms with Gasteiger partial charge in [-0.3, -0.25) is 0 Å². The predicted molar refractivity (Wildman–Crippen MR) is 86.3 cm³/mol. The first-order valence-corrected chi connectivity index (χ1v) is 7.60. The molecule has 1 N–H and O–H groups in total. The van der Waals surface area contributed by atoms with Crippen LogP contribution in [0.5, 0.6) is 0 Å². The molecule has 2 aromatic heterocycles. The summed E-state index contributed by atoms with van der Waals surface area (Å²) in [4.78, 5) is 3.33. The summed E-state index contributed by atoms with van der Waals surface area (Å²) < 4.78 is 0. The molecule has 22 heavy (non-hydrogen) atoms. The fourth-order valence-electron chi connectivity index (χ4n) is 2.58. The van der Waals surface area contributed by atoms with E-state index < -0.39 is 0 Å². The zero-order valence-corrected chi connectivity index (χ0v) is 12.4. The fourth-order valence-corrected chi connectivity index (χ4v) is 2.58. The van der Waals surface area contributed by atoms with E-state index in [4.69, 9.17) is 5.26 Å². The van der Waals surface area contributed by atoms with Crippen LogP contribution in [0.3, 0.4) is 0 Å². The molecule has 1 aromatic carbocycles. The molecule has 0 fully saturated rings. The van der Waals surface area contributed by atoms with Crippen LogP contribution in [0, 0.1) is 11.3 Å². The van der Waals surface area contributed by atoms with Crippen molar-refractivity contribution in [1.29, 1.82) is 5.26 Å². The monoisotopic (exact) mass is 290 g/mol. The second-order valence-electron chi connectivity index (χ2n) is 5.46. The van der Waals surface area contributed by atoms with Gasteiger partial charge >= 0.3 is 0 Å². The van der Waals surface area contributed by atoms with E-state index in [1.165, 1.54) is 5.56 Å². The van der Waals surface area contributed by atoms with Gasteiger partial charge in [-0.1, -0.05) is 30.3 Å². The Labute approximate surface area is 129 Å². The van der Waals surface area contributed by atoms with Crippen LogP contribution in [-0.2, 0) is 12.8 Å². The highest BCUT2D eigenvalue weighted by Gasteiger charge is 2.05. The second kappa shape index (κ2) is 6.86. The van der Waals surface area contributed by atoms with Gasteiger partial charge in [-0.15, -0.1) is 5.10 Å². The highest BCUT2D eigenvalue weighted by molar-refractivity contribution is 5.76. The van der Waals surface area contributed by atoms with Gasteiger partial charge in [0.15, 0.2) is 5.65 Å². The molecule has 0 saturated carbocycles. The lowest BCUT2D eigenvalue weighted by Crippen LogP contribution is -1.93. The minimum absolute atomic E-state index is 0.612. The van der Waals surface area contributed by atoms with Crippen LogP contribution in [0.2, 0.25) is 0 Å². The van der Waals surface area contributed by atoms with E-state index in [0.29, 0.717) is 6.42 Å². The molecule has 0 unspecified atom stereocenters. The summed E-state index contributed by atoms with van der Waals surface area (Å²) in [5.74, 6) is 0. The van der Waals surface area contributed by atoms with Crippen molar-refractivity contribution in [1.82, 2.24) is 15.2 Å². The number of H-pyrrole nitrogens is 1. The Bertz CT molecular complexity index is 784. The Morgan fingerprint density at radius 2 is 1.91 bits per heavy atom. The number of fused-ring (bicyclic) bond motifs is 1. The van der Waals surface area contributed by atoms with Gasteiger partial charge in [-0.25, -0.2) is 0 Å². The number of aryl methyl sites for hydroxylation is 1. The van der Waals surface area contributed by atoms with Gasteiger partial charge in [0.25, 0.3) is 0 Å². The minimum Gasteiger partial charge on any atom is -0.341 e. The maximum Gasteiger partial charge on any atom is 0.160 e. The average molecular weight is 290 g/mol. The van der Waals surface area contributed by atoms with Gasteiger partial charge in [0.1, 0.15) is 0 Å². The molecule has 0 atom stereocenters. The van der Waals surface area contributed by atoms with Crippen LogP contribution in [-0.4, -0.2) is 15.2 Å². The average Bonchev–Trinajstić information content (AvgIpc) is 2.94. The van der Waals surface area contributed by atoms with Gasteiger partial charge in [0.05, 0.1) is 11.8 Å². The molecule has 4 nitrogen and oxygen atoms in total. The Kier molecular flexibility index (Phi) is 4.45. The third-order valence-corrected chi connectivity index (χ3v) is 3.69. The summed E-state index contributed by atoms with van der Waals surface area (Å²) in [6.45, 7) is 0. The number of aromatic nitrogens is 3. The number of aromatic amines is 1. The third-order valence-electron chi connectivity index (χ3n) is 3.69. The van der Waals surface area contributed by atoms with Crippen molar-refractivity contribution < 1.29 is 0 Å². The van der Waals surface area contributed by atoms with Crippen LogP contribution >= 0.6 is 0 Å². The maximum atomic E-state index is 8.55. The molecular weight excluding hydrogens is 272 g/mol. The summed E-state index contributed by atoms with van der Waals surface area (Å²) in [7, 11) is 0. The summed E-state index contributed by atoms with van der Waals surface area (Å²) in [5, 5.41) is 18.2. The van der Waals surface area contributed by atoms with Gasteiger partial charge < -0.3 is 4.98 Å². The van der Waals surface area contributed by atoms with Crippen molar-refractivity contribution in [3.63, 3.8) is 0 Å². The SMILES string of the molecule is N#CCCCCc1cc2cc(Cc3ccccc3)[nH]c2nn1. The molecule has 110 valence electrons. The van der Waals surface area contributed by atoms with E-state index in [0.717, 1.165) is 48.1 Å². The number of nitriles is 1. The van der Waals surface area contributed by atoms with E-state index >= 15 is 0 Å². The van der Waals surface area contributed by atoms with Gasteiger partial charge in [-0.2, -0.15) is 10.4 Å². The van der Waals surface area contributed by atoms with E-state index in [2.05, 4.69) is 57.6 Å². The fraction of sp³-hybridized carbons (Fsp3) is 0.278. The topological polar surface area (TPSA) is 65.4 Å². The highest BCUT2D eigenvalue weighted by atomic mass is 15.1. The largest absolute Gasteiger partial charge is 0.341 e. The quantitative estimate of drug-likeness (QED) is 0.702. The molecule has 0 aliphatic rings. The number of nitrogens with zero attached hydrogens (tertiary/aromatic N) is 3. The molecule has 0 bridgehead atoms. The molecule has 0 aliphatic heterocycles. The summed E-state index contributed by atoms with van der Waals surface area (Å²) >= 11 is 0. The number of rotatable bonds is 6. The molecular formula is C18H18N4. The number of nitrogens with one attached hydrogen (secondary N) is 1. The molecule has 4 heteroatoms. The van der Waals surface area contributed by atoms with E-state index in [1.807, 2.05) is 6.07 Å². The van der Waals surface area contributed by atoms with Crippen LogP contribution < -0.4 is 0 Å². The van der Waals surface area contributed by atoms with Gasteiger partial charge in [0.2, 0.25) is 0 Å². The third kappa shape index (κ3) is 3.50. The number of hydrogen-bond donors (Lipinski definition) is 1. The summed E-state index contributed by atoms with van der Waals surface area (Å²) in [6.07, 6.45) is 4.26. The smallest absolute Gasteiger partial charge is 0.160 e. The van der Waals surface area contributed by atoms with Crippen LogP contribution in [0.15, 0.2) is 42.5 Å². The van der Waals surface area contributed by atoms with E-state index in [9.17, 15) is 0 Å². The van der Waals surface area contributed by atoms with E-state index in [-0.39, 0.29) is 0 Å². The molecule has 0 spiro atoms. The standard InChI is InChI=1S/C18H18N4/c19-10-6-2-5-9-16-12-15-13-17(20-18(15)22-21-16)11-14-7-3-1-4-8-14/h1,3-4,7-8,12-13H,2,5-6,9,11H2,(H,20,22). The first-order valence-electron chi connectivity index (χ1n) is 7.60. The Hall–Kier alpha value is -2.67. The predicted octanol–water partition coefficient (Wildman–Crippen LogP) is 3.79. The molecule has 0 radical (unpaired) electrons. The Morgan fingerprint density at radius 1 is 1.05 bits per heavy atom. The Morgan fingerprint density at radius 3 is 2.73 bits per heavy atom.